The van der Waals surface area contributed by atoms with E-state index in [0.717, 1.165) is 13.0 Å². The Kier molecular flexibility index (Phi) is 4.48. The first kappa shape index (κ1) is 12.8. The van der Waals surface area contributed by atoms with Gasteiger partial charge in [-0.2, -0.15) is 0 Å². The van der Waals surface area contributed by atoms with Crippen molar-refractivity contribution in [3.05, 3.63) is 65.5 Å². The maximum Gasteiger partial charge on any atom is 0.0300 e. The second kappa shape index (κ2) is 6.31. The van der Waals surface area contributed by atoms with Crippen LogP contribution in [0.5, 0.6) is 0 Å². The molecular weight excluding hydrogens is 220 g/mol. The van der Waals surface area contributed by atoms with Crippen LogP contribution in [-0.4, -0.2) is 11.5 Å². The molecule has 2 nitrogen and oxygen atoms in total. The average molecular weight is 240 g/mol. The molecule has 0 unspecified atom stereocenters. The number of aromatic nitrogens is 1. The Bertz CT molecular complexity index is 462. The Morgan fingerprint density at radius 2 is 1.94 bits per heavy atom. The second-order valence-electron chi connectivity index (χ2n) is 4.70. The zero-order chi connectivity index (χ0) is 12.8. The van der Waals surface area contributed by atoms with Gasteiger partial charge in [0.1, 0.15) is 0 Å². The van der Waals surface area contributed by atoms with Gasteiger partial charge in [-0.3, -0.25) is 4.98 Å². The number of aryl methyl sites for hydroxylation is 1. The van der Waals surface area contributed by atoms with Crippen molar-refractivity contribution in [2.45, 2.75) is 26.3 Å². The van der Waals surface area contributed by atoms with Gasteiger partial charge < -0.3 is 5.32 Å². The second-order valence-corrected chi connectivity index (χ2v) is 4.70. The number of pyridine rings is 1. The van der Waals surface area contributed by atoms with E-state index in [1.165, 1.54) is 16.7 Å². The largest absolute Gasteiger partial charge is 0.310 e. The molecule has 0 saturated heterocycles. The number of rotatable bonds is 5. The van der Waals surface area contributed by atoms with Crippen molar-refractivity contribution in [3.63, 3.8) is 0 Å². The molecule has 0 spiro atoms. The Hall–Kier alpha value is -1.67. The Morgan fingerprint density at radius 1 is 1.17 bits per heavy atom. The summed E-state index contributed by atoms with van der Waals surface area (Å²) in [4.78, 5) is 4.12. The summed E-state index contributed by atoms with van der Waals surface area (Å²) in [6, 6.07) is 13.2. The van der Waals surface area contributed by atoms with Crippen molar-refractivity contribution in [1.82, 2.24) is 10.3 Å². The van der Waals surface area contributed by atoms with Gasteiger partial charge in [-0.05, 0) is 44.0 Å². The van der Waals surface area contributed by atoms with Crippen LogP contribution in [0.4, 0.5) is 0 Å². The molecule has 2 aromatic rings. The molecule has 0 aliphatic carbocycles. The molecule has 1 aromatic carbocycles. The van der Waals surface area contributed by atoms with Crippen LogP contribution in [0.1, 0.15) is 29.7 Å². The number of benzene rings is 1. The topological polar surface area (TPSA) is 24.9 Å². The zero-order valence-electron chi connectivity index (χ0n) is 11.1. The SMILES string of the molecule is Cc1ccc([C@H](C)NCCc2cccnc2)cc1. The zero-order valence-corrected chi connectivity index (χ0v) is 11.1. The standard InChI is InChI=1S/C16H20N2/c1-13-5-7-16(8-6-13)14(2)18-11-9-15-4-3-10-17-12-15/h3-8,10,12,14,18H,9,11H2,1-2H3/t14-/m0/s1. The van der Waals surface area contributed by atoms with Crippen LogP contribution >= 0.6 is 0 Å². The van der Waals surface area contributed by atoms with E-state index in [-0.39, 0.29) is 0 Å². The molecule has 0 amide bonds. The average Bonchev–Trinajstić information content (AvgIpc) is 2.40. The number of hydrogen-bond acceptors (Lipinski definition) is 2. The first-order valence-electron chi connectivity index (χ1n) is 6.44. The fourth-order valence-corrected chi connectivity index (χ4v) is 1.95. The minimum Gasteiger partial charge on any atom is -0.310 e. The maximum absolute atomic E-state index is 4.12. The fourth-order valence-electron chi connectivity index (χ4n) is 1.95. The fraction of sp³-hybridized carbons (Fsp3) is 0.312. The van der Waals surface area contributed by atoms with Crippen molar-refractivity contribution in [2.24, 2.45) is 0 Å². The van der Waals surface area contributed by atoms with Gasteiger partial charge in [0.05, 0.1) is 0 Å². The molecule has 0 fully saturated rings. The number of nitrogens with one attached hydrogen (secondary N) is 1. The summed E-state index contributed by atoms with van der Waals surface area (Å²) in [5, 5.41) is 3.54. The highest BCUT2D eigenvalue weighted by Gasteiger charge is 2.03. The molecule has 1 atom stereocenters. The molecule has 0 bridgehead atoms. The number of nitrogens with zero attached hydrogens (tertiary/aromatic N) is 1. The Morgan fingerprint density at radius 3 is 2.61 bits per heavy atom. The molecular formula is C16H20N2. The minimum absolute atomic E-state index is 0.391. The third-order valence-electron chi connectivity index (χ3n) is 3.16. The highest BCUT2D eigenvalue weighted by Crippen LogP contribution is 2.12. The molecule has 1 aromatic heterocycles. The quantitative estimate of drug-likeness (QED) is 0.867. The third-order valence-corrected chi connectivity index (χ3v) is 3.16. The summed E-state index contributed by atoms with van der Waals surface area (Å²) in [5.74, 6) is 0. The molecule has 1 N–H and O–H groups in total. The molecule has 0 aliphatic rings. The molecule has 2 rings (SSSR count). The van der Waals surface area contributed by atoms with Crippen molar-refractivity contribution in [3.8, 4) is 0 Å². The van der Waals surface area contributed by atoms with E-state index in [0.29, 0.717) is 6.04 Å². The van der Waals surface area contributed by atoms with Gasteiger partial charge in [0.15, 0.2) is 0 Å². The lowest BCUT2D eigenvalue weighted by Gasteiger charge is -2.14. The first-order chi connectivity index (χ1) is 8.75. The van der Waals surface area contributed by atoms with Crippen LogP contribution in [0.3, 0.4) is 0 Å². The normalized spacial score (nSPS) is 12.3. The highest BCUT2D eigenvalue weighted by atomic mass is 14.9. The summed E-state index contributed by atoms with van der Waals surface area (Å²) < 4.78 is 0. The van der Waals surface area contributed by atoms with Gasteiger partial charge in [0.25, 0.3) is 0 Å². The monoisotopic (exact) mass is 240 g/mol. The molecule has 18 heavy (non-hydrogen) atoms. The summed E-state index contributed by atoms with van der Waals surface area (Å²) in [6.07, 6.45) is 4.76. The van der Waals surface area contributed by atoms with Gasteiger partial charge in [-0.1, -0.05) is 35.9 Å². The van der Waals surface area contributed by atoms with Crippen molar-refractivity contribution >= 4 is 0 Å². The van der Waals surface area contributed by atoms with Gasteiger partial charge in [-0.15, -0.1) is 0 Å². The molecule has 0 saturated carbocycles. The van der Waals surface area contributed by atoms with Crippen LogP contribution < -0.4 is 5.32 Å². The smallest absolute Gasteiger partial charge is 0.0300 e. The van der Waals surface area contributed by atoms with E-state index >= 15 is 0 Å². The lowest BCUT2D eigenvalue weighted by Crippen LogP contribution is -2.21. The Labute approximate surface area is 109 Å². The van der Waals surface area contributed by atoms with Crippen LogP contribution in [-0.2, 0) is 6.42 Å². The summed E-state index contributed by atoms with van der Waals surface area (Å²) in [5.41, 5.74) is 3.93. The van der Waals surface area contributed by atoms with E-state index in [4.69, 9.17) is 0 Å². The van der Waals surface area contributed by atoms with Crippen molar-refractivity contribution < 1.29 is 0 Å². The maximum atomic E-state index is 4.12. The predicted octanol–water partition coefficient (Wildman–Crippen LogP) is 3.28. The molecule has 2 heteroatoms. The summed E-state index contributed by atoms with van der Waals surface area (Å²) >= 11 is 0. The van der Waals surface area contributed by atoms with E-state index in [1.807, 2.05) is 18.5 Å². The molecule has 1 heterocycles. The van der Waals surface area contributed by atoms with E-state index in [9.17, 15) is 0 Å². The van der Waals surface area contributed by atoms with E-state index in [1.54, 1.807) is 0 Å². The third kappa shape index (κ3) is 3.67. The number of hydrogen-bond donors (Lipinski definition) is 1. The summed E-state index contributed by atoms with van der Waals surface area (Å²) in [7, 11) is 0. The van der Waals surface area contributed by atoms with E-state index in [2.05, 4.69) is 54.5 Å². The van der Waals surface area contributed by atoms with Crippen molar-refractivity contribution in [1.29, 1.82) is 0 Å². The molecule has 0 aliphatic heterocycles. The van der Waals surface area contributed by atoms with Crippen molar-refractivity contribution in [2.75, 3.05) is 6.54 Å². The predicted molar refractivity (Wildman–Crippen MR) is 75.5 cm³/mol. The lowest BCUT2D eigenvalue weighted by molar-refractivity contribution is 0.576. The Balaban J connectivity index is 1.81. The van der Waals surface area contributed by atoms with E-state index < -0.39 is 0 Å². The van der Waals surface area contributed by atoms with Crippen LogP contribution in [0.25, 0.3) is 0 Å². The lowest BCUT2D eigenvalue weighted by atomic mass is 10.1. The van der Waals surface area contributed by atoms with Gasteiger partial charge in [-0.25, -0.2) is 0 Å². The van der Waals surface area contributed by atoms with Gasteiger partial charge in [0, 0.05) is 18.4 Å². The van der Waals surface area contributed by atoms with Gasteiger partial charge in [0.2, 0.25) is 0 Å². The summed E-state index contributed by atoms with van der Waals surface area (Å²) in [6.45, 7) is 5.29. The van der Waals surface area contributed by atoms with Crippen LogP contribution in [0.15, 0.2) is 48.8 Å². The van der Waals surface area contributed by atoms with Crippen LogP contribution in [0.2, 0.25) is 0 Å². The molecule has 0 radical (unpaired) electrons. The minimum atomic E-state index is 0.391. The molecule has 94 valence electrons. The first-order valence-corrected chi connectivity index (χ1v) is 6.44. The van der Waals surface area contributed by atoms with Crippen LogP contribution in [0, 0.1) is 6.92 Å². The van der Waals surface area contributed by atoms with Gasteiger partial charge >= 0.3 is 0 Å². The highest BCUT2D eigenvalue weighted by molar-refractivity contribution is 5.23.